The van der Waals surface area contributed by atoms with Crippen LogP contribution in [0.1, 0.15) is 39.0 Å². The van der Waals surface area contributed by atoms with E-state index in [9.17, 15) is 14.4 Å². The lowest BCUT2D eigenvalue weighted by Crippen LogP contribution is -2.41. The van der Waals surface area contributed by atoms with Gasteiger partial charge in [-0.2, -0.15) is 0 Å². The number of rotatable bonds is 7. The second kappa shape index (κ2) is 8.39. The van der Waals surface area contributed by atoms with Gasteiger partial charge in [0.25, 0.3) is 0 Å². The molecule has 0 spiro atoms. The van der Waals surface area contributed by atoms with Gasteiger partial charge in [0.15, 0.2) is 0 Å². The second-order valence-corrected chi connectivity index (χ2v) is 4.85. The molecule has 0 aromatic rings. The van der Waals surface area contributed by atoms with Crippen molar-refractivity contribution >= 4 is 18.0 Å². The third kappa shape index (κ3) is 5.90. The van der Waals surface area contributed by atoms with Crippen molar-refractivity contribution in [3.8, 4) is 0 Å². The van der Waals surface area contributed by atoms with Crippen LogP contribution in [0.15, 0.2) is 0 Å². The van der Waals surface area contributed by atoms with Crippen LogP contribution in [0.3, 0.4) is 0 Å². The van der Waals surface area contributed by atoms with E-state index >= 15 is 0 Å². The number of urea groups is 1. The fourth-order valence-electron chi connectivity index (χ4n) is 2.24. The fourth-order valence-corrected chi connectivity index (χ4v) is 2.24. The number of ether oxygens (including phenoxy) is 1. The summed E-state index contributed by atoms with van der Waals surface area (Å²) in [6.07, 6.45) is 2.56. The first-order valence-electron chi connectivity index (χ1n) is 6.95. The largest absolute Gasteiger partial charge is 0.481 e. The van der Waals surface area contributed by atoms with Crippen molar-refractivity contribution in [3.05, 3.63) is 0 Å². The van der Waals surface area contributed by atoms with E-state index in [1.807, 2.05) is 0 Å². The van der Waals surface area contributed by atoms with Crippen LogP contribution in [-0.4, -0.2) is 42.3 Å². The van der Waals surface area contributed by atoms with Gasteiger partial charge >= 0.3 is 18.0 Å². The number of amides is 2. The molecule has 0 unspecified atom stereocenters. The number of esters is 1. The smallest absolute Gasteiger partial charge is 0.315 e. The Balaban J connectivity index is 2.09. The molecular formula is C13H22N2O5. The van der Waals surface area contributed by atoms with Crippen LogP contribution in [0.2, 0.25) is 0 Å². The maximum Gasteiger partial charge on any atom is 0.315 e. The molecule has 1 aliphatic carbocycles. The summed E-state index contributed by atoms with van der Waals surface area (Å²) < 4.78 is 4.77. The van der Waals surface area contributed by atoms with Gasteiger partial charge in [-0.15, -0.1) is 0 Å². The van der Waals surface area contributed by atoms with Crippen LogP contribution in [0, 0.1) is 5.92 Å². The van der Waals surface area contributed by atoms with E-state index in [2.05, 4.69) is 10.6 Å². The average Bonchev–Trinajstić information content (AvgIpc) is 2.83. The molecule has 0 heterocycles. The molecule has 114 valence electrons. The van der Waals surface area contributed by atoms with Gasteiger partial charge in [0, 0.05) is 19.0 Å². The molecule has 1 aliphatic rings. The highest BCUT2D eigenvalue weighted by atomic mass is 16.5. The molecule has 7 heteroatoms. The average molecular weight is 286 g/mol. The van der Waals surface area contributed by atoms with E-state index in [0.717, 1.165) is 0 Å². The fraction of sp³-hybridized carbons (Fsp3) is 0.769. The minimum absolute atomic E-state index is 0.0823. The molecule has 3 N–H and O–H groups in total. The number of carboxylic acid groups (broad SMARTS) is 1. The third-order valence-electron chi connectivity index (χ3n) is 3.27. The van der Waals surface area contributed by atoms with Crippen LogP contribution >= 0.6 is 0 Å². The molecule has 1 rings (SSSR count). The summed E-state index contributed by atoms with van der Waals surface area (Å²) in [5, 5.41) is 14.3. The highest BCUT2D eigenvalue weighted by molar-refractivity contribution is 5.75. The van der Waals surface area contributed by atoms with Crippen LogP contribution in [0.5, 0.6) is 0 Å². The molecule has 20 heavy (non-hydrogen) atoms. The monoisotopic (exact) mass is 286 g/mol. The van der Waals surface area contributed by atoms with Crippen LogP contribution in [0.4, 0.5) is 4.79 Å². The lowest BCUT2D eigenvalue weighted by Gasteiger charge is -2.13. The molecule has 1 saturated carbocycles. The minimum atomic E-state index is -0.802. The van der Waals surface area contributed by atoms with Gasteiger partial charge in [-0.3, -0.25) is 9.59 Å². The molecule has 0 aromatic heterocycles. The molecule has 0 aliphatic heterocycles. The summed E-state index contributed by atoms with van der Waals surface area (Å²) in [5.41, 5.74) is 0. The van der Waals surface area contributed by atoms with E-state index in [-0.39, 0.29) is 30.4 Å². The number of hydrogen-bond acceptors (Lipinski definition) is 4. The van der Waals surface area contributed by atoms with Gasteiger partial charge < -0.3 is 20.5 Å². The van der Waals surface area contributed by atoms with Crippen molar-refractivity contribution in [2.45, 2.75) is 45.1 Å². The van der Waals surface area contributed by atoms with Gasteiger partial charge in [-0.05, 0) is 32.6 Å². The van der Waals surface area contributed by atoms with Crippen molar-refractivity contribution in [1.82, 2.24) is 10.6 Å². The standard InChI is InChI=1S/C13H22N2O5/c1-2-20-11(16)4-3-7-14-13(19)15-10-6-5-9(8-10)12(17)18/h9-10H,2-8H2,1H3,(H,17,18)(H2,14,15,19)/t9-,10+/m1/s1. The van der Waals surface area contributed by atoms with Gasteiger partial charge in [-0.1, -0.05) is 0 Å². The summed E-state index contributed by atoms with van der Waals surface area (Å²) in [6.45, 7) is 2.49. The van der Waals surface area contributed by atoms with Gasteiger partial charge in [0.1, 0.15) is 0 Å². The molecule has 0 bridgehead atoms. The van der Waals surface area contributed by atoms with E-state index in [1.54, 1.807) is 6.92 Å². The summed E-state index contributed by atoms with van der Waals surface area (Å²) >= 11 is 0. The van der Waals surface area contributed by atoms with Crippen molar-refractivity contribution in [3.63, 3.8) is 0 Å². The molecule has 0 saturated heterocycles. The predicted octanol–water partition coefficient (Wildman–Crippen LogP) is 0.882. The molecule has 1 fully saturated rings. The van der Waals surface area contributed by atoms with Crippen molar-refractivity contribution in [1.29, 1.82) is 0 Å². The molecule has 2 atom stereocenters. The summed E-state index contributed by atoms with van der Waals surface area (Å²) in [6, 6.07) is -0.397. The first-order chi connectivity index (χ1) is 9.52. The second-order valence-electron chi connectivity index (χ2n) is 4.85. The first-order valence-corrected chi connectivity index (χ1v) is 6.95. The Labute approximate surface area is 118 Å². The lowest BCUT2D eigenvalue weighted by molar-refractivity contribution is -0.143. The lowest BCUT2D eigenvalue weighted by atomic mass is 10.1. The van der Waals surface area contributed by atoms with Crippen LogP contribution in [-0.2, 0) is 14.3 Å². The topological polar surface area (TPSA) is 105 Å². The Bertz CT molecular complexity index is 359. The summed E-state index contributed by atoms with van der Waals surface area (Å²) in [7, 11) is 0. The highest BCUT2D eigenvalue weighted by Crippen LogP contribution is 2.25. The maximum absolute atomic E-state index is 11.6. The van der Waals surface area contributed by atoms with Gasteiger partial charge in [-0.25, -0.2) is 4.79 Å². The highest BCUT2D eigenvalue weighted by Gasteiger charge is 2.30. The number of aliphatic carboxylic acids is 1. The maximum atomic E-state index is 11.6. The third-order valence-corrected chi connectivity index (χ3v) is 3.27. The zero-order valence-electron chi connectivity index (χ0n) is 11.7. The Morgan fingerprint density at radius 2 is 2.05 bits per heavy atom. The number of nitrogens with one attached hydrogen (secondary N) is 2. The van der Waals surface area contributed by atoms with Crippen molar-refractivity contribution in [2.75, 3.05) is 13.2 Å². The van der Waals surface area contributed by atoms with Gasteiger partial charge in [0.2, 0.25) is 0 Å². The summed E-state index contributed by atoms with van der Waals surface area (Å²) in [4.78, 5) is 33.4. The van der Waals surface area contributed by atoms with Crippen LogP contribution < -0.4 is 10.6 Å². The quantitative estimate of drug-likeness (QED) is 0.476. The number of carbonyl (C=O) groups is 3. The van der Waals surface area contributed by atoms with Crippen LogP contribution in [0.25, 0.3) is 0 Å². The summed E-state index contributed by atoms with van der Waals surface area (Å²) in [5.74, 6) is -1.43. The van der Waals surface area contributed by atoms with Crippen molar-refractivity contribution in [2.24, 2.45) is 5.92 Å². The van der Waals surface area contributed by atoms with E-state index < -0.39 is 5.97 Å². The van der Waals surface area contributed by atoms with E-state index in [0.29, 0.717) is 38.8 Å². The predicted molar refractivity (Wildman–Crippen MR) is 71.2 cm³/mol. The zero-order valence-corrected chi connectivity index (χ0v) is 11.7. The Morgan fingerprint density at radius 3 is 2.65 bits per heavy atom. The SMILES string of the molecule is CCOC(=O)CCCNC(=O)N[C@H]1CC[C@@H](C(=O)O)C1. The Hall–Kier alpha value is -1.79. The van der Waals surface area contributed by atoms with E-state index in [4.69, 9.17) is 9.84 Å². The minimum Gasteiger partial charge on any atom is -0.481 e. The number of carbonyl (C=O) groups excluding carboxylic acids is 2. The molecule has 7 nitrogen and oxygen atoms in total. The normalized spacial score (nSPS) is 21.2. The zero-order chi connectivity index (χ0) is 15.0. The number of carboxylic acids is 1. The van der Waals surface area contributed by atoms with E-state index in [1.165, 1.54) is 0 Å². The molecule has 0 radical (unpaired) electrons. The first kappa shape index (κ1) is 16.3. The van der Waals surface area contributed by atoms with Crippen molar-refractivity contribution < 1.29 is 24.2 Å². The molecule has 2 amide bonds. The molecule has 0 aromatic carbocycles. The Kier molecular flexibility index (Phi) is 6.83. The van der Waals surface area contributed by atoms with Gasteiger partial charge in [0.05, 0.1) is 12.5 Å². The molecular weight excluding hydrogens is 264 g/mol. The Morgan fingerprint density at radius 1 is 1.30 bits per heavy atom. The number of hydrogen-bond donors (Lipinski definition) is 3.